The van der Waals surface area contributed by atoms with E-state index < -0.39 is 42.4 Å². The van der Waals surface area contributed by atoms with Crippen LogP contribution in [-0.4, -0.2) is 54.6 Å². The molecule has 0 radical (unpaired) electrons. The summed E-state index contributed by atoms with van der Waals surface area (Å²) in [4.78, 5) is 23.5. The molecule has 0 bridgehead atoms. The first-order valence-electron chi connectivity index (χ1n) is 12.5. The minimum atomic E-state index is -5.22. The van der Waals surface area contributed by atoms with E-state index in [9.17, 15) is 23.1 Å². The van der Waals surface area contributed by atoms with Crippen LogP contribution in [0.2, 0.25) is 0 Å². The molecule has 0 unspecified atom stereocenters. The SMILES string of the molecule is C[C@@H](S[C@H]1CO[C@H](C=CC=Cc2ccc(C#N)cc2F)OC1)[C@@](Cn1cncn1)(OP(=O)(O)O)c1ccc(F)cc1F. The predicted molar refractivity (Wildman–Crippen MR) is 147 cm³/mol. The van der Waals surface area contributed by atoms with E-state index in [0.29, 0.717) is 11.6 Å². The molecule has 10 nitrogen and oxygen atoms in total. The Bertz CT molecular complexity index is 1520. The number of thioether (sulfide) groups is 1. The van der Waals surface area contributed by atoms with Crippen LogP contribution in [0, 0.1) is 28.8 Å². The number of aromatic nitrogens is 3. The number of hydrogen-bond donors (Lipinski definition) is 2. The Morgan fingerprint density at radius 3 is 2.60 bits per heavy atom. The van der Waals surface area contributed by atoms with Crippen molar-refractivity contribution in [1.82, 2.24) is 14.8 Å². The minimum absolute atomic E-state index is 0.166. The van der Waals surface area contributed by atoms with Gasteiger partial charge < -0.3 is 19.3 Å². The third kappa shape index (κ3) is 8.17. The van der Waals surface area contributed by atoms with Crippen molar-refractivity contribution < 1.29 is 41.5 Å². The summed E-state index contributed by atoms with van der Waals surface area (Å²) in [7, 11) is -5.22. The number of phosphoric acid groups is 1. The highest BCUT2D eigenvalue weighted by atomic mass is 32.2. The number of ether oxygens (including phenoxy) is 2. The van der Waals surface area contributed by atoms with E-state index in [1.54, 1.807) is 25.2 Å². The molecule has 1 aromatic heterocycles. The lowest BCUT2D eigenvalue weighted by molar-refractivity contribution is -0.146. The second kappa shape index (κ2) is 13.8. The van der Waals surface area contributed by atoms with Crippen LogP contribution in [-0.2, 0) is 30.7 Å². The van der Waals surface area contributed by atoms with E-state index in [1.165, 1.54) is 47.3 Å². The van der Waals surface area contributed by atoms with E-state index in [1.807, 2.05) is 6.07 Å². The van der Waals surface area contributed by atoms with E-state index in [0.717, 1.165) is 18.2 Å². The number of halogens is 3. The number of phosphoric ester groups is 1. The largest absolute Gasteiger partial charge is 0.470 e. The van der Waals surface area contributed by atoms with Gasteiger partial charge in [0.2, 0.25) is 0 Å². The van der Waals surface area contributed by atoms with Crippen LogP contribution in [0.25, 0.3) is 6.08 Å². The van der Waals surface area contributed by atoms with Gasteiger partial charge in [-0.1, -0.05) is 37.3 Å². The lowest BCUT2D eigenvalue weighted by Crippen LogP contribution is -2.45. The van der Waals surface area contributed by atoms with Crippen LogP contribution in [0.3, 0.4) is 0 Å². The second-order valence-corrected chi connectivity index (χ2v) is 12.0. The molecule has 2 heterocycles. The molecule has 0 amide bonds. The zero-order valence-corrected chi connectivity index (χ0v) is 23.8. The molecule has 1 aliphatic rings. The number of rotatable bonds is 11. The molecule has 2 aromatic carbocycles. The van der Waals surface area contributed by atoms with Gasteiger partial charge in [0.1, 0.15) is 35.7 Å². The Hall–Kier alpha value is -3.28. The van der Waals surface area contributed by atoms with Crippen LogP contribution >= 0.6 is 19.6 Å². The van der Waals surface area contributed by atoms with Crippen LogP contribution in [0.4, 0.5) is 13.2 Å². The van der Waals surface area contributed by atoms with Crippen molar-refractivity contribution in [3.63, 3.8) is 0 Å². The summed E-state index contributed by atoms with van der Waals surface area (Å²) < 4.78 is 73.1. The molecule has 4 rings (SSSR count). The summed E-state index contributed by atoms with van der Waals surface area (Å²) in [5, 5.41) is 11.6. The predicted octanol–water partition coefficient (Wildman–Crippen LogP) is 4.70. The molecule has 1 saturated heterocycles. The van der Waals surface area contributed by atoms with Crippen LogP contribution in [0.5, 0.6) is 0 Å². The monoisotopic (exact) mass is 622 g/mol. The van der Waals surface area contributed by atoms with E-state index >= 15 is 4.39 Å². The van der Waals surface area contributed by atoms with Crippen molar-refractivity contribution in [2.75, 3.05) is 13.2 Å². The molecule has 2 atom stereocenters. The Morgan fingerprint density at radius 1 is 1.21 bits per heavy atom. The Labute approximate surface area is 243 Å². The maximum absolute atomic E-state index is 15.1. The van der Waals surface area contributed by atoms with Gasteiger partial charge in [-0.2, -0.15) is 10.4 Å². The van der Waals surface area contributed by atoms with Gasteiger partial charge in [0.15, 0.2) is 6.29 Å². The molecule has 42 heavy (non-hydrogen) atoms. The molecule has 2 N–H and O–H groups in total. The van der Waals surface area contributed by atoms with Gasteiger partial charge in [-0.15, -0.1) is 11.8 Å². The second-order valence-electron chi connectivity index (χ2n) is 9.22. The zero-order valence-electron chi connectivity index (χ0n) is 22.1. The average Bonchev–Trinajstić information content (AvgIpc) is 3.44. The molecular weight excluding hydrogens is 596 g/mol. The fourth-order valence-electron chi connectivity index (χ4n) is 4.32. The summed E-state index contributed by atoms with van der Waals surface area (Å²) >= 11 is 1.19. The topological polar surface area (TPSA) is 140 Å². The highest BCUT2D eigenvalue weighted by Gasteiger charge is 2.48. The zero-order chi connectivity index (χ0) is 30.3. The van der Waals surface area contributed by atoms with Gasteiger partial charge in [0.05, 0.1) is 36.6 Å². The highest BCUT2D eigenvalue weighted by molar-refractivity contribution is 8.00. The van der Waals surface area contributed by atoms with E-state index in [4.69, 9.17) is 19.3 Å². The normalized spacial score (nSPS) is 20.0. The minimum Gasteiger partial charge on any atom is -0.348 e. The molecular formula is C27H26F3N4O6PS. The molecule has 1 fully saturated rings. The Kier molecular flexibility index (Phi) is 10.4. The lowest BCUT2D eigenvalue weighted by atomic mass is 9.90. The fourth-order valence-corrected chi connectivity index (χ4v) is 6.49. The summed E-state index contributed by atoms with van der Waals surface area (Å²) in [5.41, 5.74) is -1.75. The summed E-state index contributed by atoms with van der Waals surface area (Å²) in [6.07, 6.45) is 8.12. The Balaban J connectivity index is 1.46. The maximum Gasteiger partial charge on any atom is 0.470 e. The number of hydrogen-bond acceptors (Lipinski definition) is 8. The van der Waals surface area contributed by atoms with Gasteiger partial charge >= 0.3 is 7.82 Å². The Morgan fingerprint density at radius 2 is 1.98 bits per heavy atom. The summed E-state index contributed by atoms with van der Waals surface area (Å²) in [6.45, 7) is 1.58. The number of nitrogens with zero attached hydrogens (tertiary/aromatic N) is 4. The lowest BCUT2D eigenvalue weighted by Gasteiger charge is -2.40. The smallest absolute Gasteiger partial charge is 0.348 e. The van der Waals surface area contributed by atoms with Crippen LogP contribution < -0.4 is 0 Å². The van der Waals surface area contributed by atoms with Gasteiger partial charge in [-0.3, -0.25) is 4.52 Å². The maximum atomic E-state index is 15.1. The van der Waals surface area contributed by atoms with E-state index in [2.05, 4.69) is 10.1 Å². The van der Waals surface area contributed by atoms with Gasteiger partial charge in [0, 0.05) is 22.4 Å². The molecule has 0 saturated carbocycles. The van der Waals surface area contributed by atoms with Crippen molar-refractivity contribution in [2.24, 2.45) is 0 Å². The molecule has 15 heteroatoms. The van der Waals surface area contributed by atoms with Crippen molar-refractivity contribution in [3.8, 4) is 6.07 Å². The standard InChI is InChI=1S/C27H26F3N4O6PS/c1-18(27(40-41(35,36)37,15-34-17-32-16-33-34)23-9-8-21(28)11-25(23)30)42-22-13-38-26(39-14-22)5-3-2-4-20-7-6-19(12-31)10-24(20)29/h2-11,16-18,22,26H,13-15H2,1H3,(H2,35,36,37)/t18-,22-,26-,27-/m1/s1. The highest BCUT2D eigenvalue weighted by Crippen LogP contribution is 2.51. The first kappa shape index (κ1) is 31.7. The third-order valence-electron chi connectivity index (χ3n) is 6.26. The average molecular weight is 623 g/mol. The molecule has 3 aromatic rings. The van der Waals surface area contributed by atoms with Crippen molar-refractivity contribution in [2.45, 2.75) is 35.9 Å². The first-order chi connectivity index (χ1) is 20.0. The van der Waals surface area contributed by atoms with Gasteiger partial charge in [-0.25, -0.2) is 27.4 Å². The molecule has 0 aliphatic carbocycles. The van der Waals surface area contributed by atoms with Crippen LogP contribution in [0.15, 0.2) is 67.3 Å². The van der Waals surface area contributed by atoms with Gasteiger partial charge in [0.25, 0.3) is 0 Å². The quantitative estimate of drug-likeness (QED) is 0.228. The van der Waals surface area contributed by atoms with Crippen molar-refractivity contribution in [3.05, 3.63) is 101 Å². The van der Waals surface area contributed by atoms with Crippen molar-refractivity contribution in [1.29, 1.82) is 5.26 Å². The molecule has 0 spiro atoms. The number of allylic oxidation sites excluding steroid dienone is 2. The summed E-state index contributed by atoms with van der Waals surface area (Å²) in [6, 6.07) is 8.68. The number of benzene rings is 2. The third-order valence-corrected chi connectivity index (χ3v) is 8.27. The summed E-state index contributed by atoms with van der Waals surface area (Å²) in [5.74, 6) is -2.44. The van der Waals surface area contributed by atoms with Crippen molar-refractivity contribution >= 4 is 25.7 Å². The van der Waals surface area contributed by atoms with E-state index in [-0.39, 0.29) is 36.1 Å². The van der Waals surface area contributed by atoms with Gasteiger partial charge in [-0.05, 0) is 24.3 Å². The molecule has 1 aliphatic heterocycles. The van der Waals surface area contributed by atoms with Crippen LogP contribution in [0.1, 0.15) is 23.6 Å². The fraction of sp³-hybridized carbons (Fsp3) is 0.296. The number of nitriles is 1. The molecule has 222 valence electrons. The first-order valence-corrected chi connectivity index (χ1v) is 14.9.